The number of carbonyl (C=O) groups excluding carboxylic acids is 1. The number of halogens is 2. The van der Waals surface area contributed by atoms with E-state index in [-0.39, 0.29) is 5.91 Å². The zero-order valence-corrected chi connectivity index (χ0v) is 15.5. The maximum atomic E-state index is 12.9. The summed E-state index contributed by atoms with van der Waals surface area (Å²) in [6, 6.07) is 5.17. The average molecular weight is 381 g/mol. The van der Waals surface area contributed by atoms with E-state index in [2.05, 4.69) is 14.9 Å². The van der Waals surface area contributed by atoms with E-state index in [1.807, 2.05) is 13.0 Å². The van der Waals surface area contributed by atoms with Crippen LogP contribution in [0.15, 0.2) is 24.5 Å². The predicted molar refractivity (Wildman–Crippen MR) is 97.9 cm³/mol. The van der Waals surface area contributed by atoms with Crippen LogP contribution >= 0.6 is 23.2 Å². The van der Waals surface area contributed by atoms with Crippen molar-refractivity contribution in [1.29, 1.82) is 0 Å². The van der Waals surface area contributed by atoms with Gasteiger partial charge in [0, 0.05) is 37.9 Å². The number of anilines is 1. The zero-order chi connectivity index (χ0) is 18.0. The molecule has 2 aromatic rings. The van der Waals surface area contributed by atoms with Gasteiger partial charge in [0.15, 0.2) is 5.75 Å². The molecule has 1 aromatic heterocycles. The summed E-state index contributed by atoms with van der Waals surface area (Å²) in [7, 11) is 1.48. The van der Waals surface area contributed by atoms with Crippen molar-refractivity contribution in [1.82, 2.24) is 14.9 Å². The van der Waals surface area contributed by atoms with E-state index in [9.17, 15) is 4.79 Å². The van der Waals surface area contributed by atoms with E-state index >= 15 is 0 Å². The number of methoxy groups -OCH3 is 1. The first-order valence-electron chi connectivity index (χ1n) is 7.86. The van der Waals surface area contributed by atoms with Crippen LogP contribution in [0, 0.1) is 6.92 Å². The molecule has 0 radical (unpaired) electrons. The van der Waals surface area contributed by atoms with Crippen molar-refractivity contribution in [3.63, 3.8) is 0 Å². The Kier molecular flexibility index (Phi) is 5.30. The van der Waals surface area contributed by atoms with Gasteiger partial charge in [0.2, 0.25) is 0 Å². The van der Waals surface area contributed by atoms with Crippen molar-refractivity contribution in [2.75, 3.05) is 38.2 Å². The second kappa shape index (κ2) is 7.45. The largest absolute Gasteiger partial charge is 0.494 e. The fraction of sp³-hybridized carbons (Fsp3) is 0.353. The maximum absolute atomic E-state index is 12.9. The molecule has 0 spiro atoms. The number of nitrogens with zero attached hydrogens (tertiary/aromatic N) is 4. The molecule has 1 fully saturated rings. The molecule has 0 saturated carbocycles. The molecule has 0 N–H and O–H groups in total. The van der Waals surface area contributed by atoms with Crippen LogP contribution in [0.2, 0.25) is 10.0 Å². The number of aromatic nitrogens is 2. The van der Waals surface area contributed by atoms with Gasteiger partial charge in [-0.3, -0.25) is 4.79 Å². The average Bonchev–Trinajstić information content (AvgIpc) is 2.63. The van der Waals surface area contributed by atoms with Crippen molar-refractivity contribution in [2.45, 2.75) is 6.92 Å². The number of amides is 1. The lowest BCUT2D eigenvalue weighted by atomic mass is 10.1. The van der Waals surface area contributed by atoms with Crippen LogP contribution in [-0.4, -0.2) is 54.1 Å². The minimum absolute atomic E-state index is 0.178. The molecule has 0 atom stereocenters. The molecule has 6 nitrogen and oxygen atoms in total. The topological polar surface area (TPSA) is 58.6 Å². The second-order valence-electron chi connectivity index (χ2n) is 5.73. The van der Waals surface area contributed by atoms with E-state index in [1.54, 1.807) is 23.4 Å². The maximum Gasteiger partial charge on any atom is 0.259 e. The van der Waals surface area contributed by atoms with Crippen LogP contribution in [-0.2, 0) is 0 Å². The van der Waals surface area contributed by atoms with E-state index in [0.29, 0.717) is 47.5 Å². The lowest BCUT2D eigenvalue weighted by Gasteiger charge is -2.35. The van der Waals surface area contributed by atoms with E-state index < -0.39 is 0 Å². The Bertz CT molecular complexity index is 792. The Morgan fingerprint density at radius 3 is 2.44 bits per heavy atom. The summed E-state index contributed by atoms with van der Waals surface area (Å²) in [6.07, 6.45) is 1.55. The van der Waals surface area contributed by atoms with Crippen LogP contribution in [0.3, 0.4) is 0 Å². The molecule has 132 valence electrons. The minimum Gasteiger partial charge on any atom is -0.494 e. The monoisotopic (exact) mass is 380 g/mol. The summed E-state index contributed by atoms with van der Waals surface area (Å²) in [4.78, 5) is 25.2. The van der Waals surface area contributed by atoms with E-state index in [4.69, 9.17) is 27.9 Å². The molecule has 1 aromatic carbocycles. The van der Waals surface area contributed by atoms with Gasteiger partial charge in [0.1, 0.15) is 17.7 Å². The number of rotatable bonds is 3. The Morgan fingerprint density at radius 2 is 1.80 bits per heavy atom. The Morgan fingerprint density at radius 1 is 1.12 bits per heavy atom. The summed E-state index contributed by atoms with van der Waals surface area (Å²) in [5.41, 5.74) is 1.22. The smallest absolute Gasteiger partial charge is 0.259 e. The molecule has 0 bridgehead atoms. The molecule has 0 aliphatic carbocycles. The van der Waals surface area contributed by atoms with Crippen LogP contribution in [0.4, 0.5) is 5.82 Å². The highest BCUT2D eigenvalue weighted by Crippen LogP contribution is 2.35. The van der Waals surface area contributed by atoms with Crippen molar-refractivity contribution >= 4 is 34.9 Å². The fourth-order valence-corrected chi connectivity index (χ4v) is 3.31. The summed E-state index contributed by atoms with van der Waals surface area (Å²) in [5, 5.41) is 0.699. The second-order valence-corrected chi connectivity index (χ2v) is 6.55. The third-order valence-corrected chi connectivity index (χ3v) is 4.77. The molecule has 2 heterocycles. The van der Waals surface area contributed by atoms with Crippen LogP contribution < -0.4 is 9.64 Å². The highest BCUT2D eigenvalue weighted by molar-refractivity contribution is 6.37. The first-order chi connectivity index (χ1) is 12.0. The standard InChI is InChI=1S/C17H18Cl2N4O2/c1-11-9-14(21-10-20-11)22-5-7-23(8-6-22)17(24)15-12(18)3-4-13(19)16(15)25-2/h3-4,9-10H,5-8H2,1-2H3. The first kappa shape index (κ1) is 17.8. The van der Waals surface area contributed by atoms with Gasteiger partial charge >= 0.3 is 0 Å². The third kappa shape index (κ3) is 3.65. The van der Waals surface area contributed by atoms with E-state index in [1.165, 1.54) is 7.11 Å². The number of benzene rings is 1. The molecular formula is C17H18Cl2N4O2. The van der Waals surface area contributed by atoms with E-state index in [0.717, 1.165) is 11.5 Å². The lowest BCUT2D eigenvalue weighted by molar-refractivity contribution is 0.0743. The molecule has 3 rings (SSSR count). The van der Waals surface area contributed by atoms with Gasteiger partial charge in [-0.25, -0.2) is 9.97 Å². The number of hydrogen-bond donors (Lipinski definition) is 0. The SMILES string of the molecule is COc1c(Cl)ccc(Cl)c1C(=O)N1CCN(c2cc(C)ncn2)CC1. The predicted octanol–water partition coefficient (Wildman–Crippen LogP) is 3.06. The van der Waals surface area contributed by atoms with Gasteiger partial charge in [-0.2, -0.15) is 0 Å². The summed E-state index contributed by atoms with van der Waals surface area (Å²) in [6.45, 7) is 4.42. The van der Waals surface area contributed by atoms with Gasteiger partial charge in [-0.15, -0.1) is 0 Å². The van der Waals surface area contributed by atoms with Crippen LogP contribution in [0.5, 0.6) is 5.75 Å². The number of aryl methyl sites for hydroxylation is 1. The van der Waals surface area contributed by atoms with Crippen LogP contribution in [0.25, 0.3) is 0 Å². The van der Waals surface area contributed by atoms with Gasteiger partial charge in [-0.1, -0.05) is 23.2 Å². The number of carbonyl (C=O) groups is 1. The highest BCUT2D eigenvalue weighted by Gasteiger charge is 2.27. The van der Waals surface area contributed by atoms with Gasteiger partial charge in [-0.05, 0) is 19.1 Å². The molecule has 25 heavy (non-hydrogen) atoms. The van der Waals surface area contributed by atoms with Crippen molar-refractivity contribution in [3.8, 4) is 5.75 Å². The summed E-state index contributed by atoms with van der Waals surface area (Å²) in [5.74, 6) is 1.01. The number of ether oxygens (including phenoxy) is 1. The number of piperazine rings is 1. The minimum atomic E-state index is -0.178. The molecule has 0 unspecified atom stereocenters. The van der Waals surface area contributed by atoms with Gasteiger partial charge < -0.3 is 14.5 Å². The molecule has 1 saturated heterocycles. The highest BCUT2D eigenvalue weighted by atomic mass is 35.5. The Hall–Kier alpha value is -2.05. The normalized spacial score (nSPS) is 14.6. The molecule has 8 heteroatoms. The molecule has 1 amide bonds. The van der Waals surface area contributed by atoms with Gasteiger partial charge in [0.05, 0.1) is 17.2 Å². The molecule has 1 aliphatic rings. The fourth-order valence-electron chi connectivity index (χ4n) is 2.84. The van der Waals surface area contributed by atoms with Gasteiger partial charge in [0.25, 0.3) is 5.91 Å². The third-order valence-electron chi connectivity index (χ3n) is 4.16. The first-order valence-corrected chi connectivity index (χ1v) is 8.61. The van der Waals surface area contributed by atoms with Crippen molar-refractivity contribution in [2.24, 2.45) is 0 Å². The summed E-state index contributed by atoms with van der Waals surface area (Å²) >= 11 is 12.3. The molecule has 1 aliphatic heterocycles. The Labute approximate surface area is 156 Å². The molecular weight excluding hydrogens is 363 g/mol. The number of hydrogen-bond acceptors (Lipinski definition) is 5. The van der Waals surface area contributed by atoms with Crippen molar-refractivity contribution in [3.05, 3.63) is 45.8 Å². The quantitative estimate of drug-likeness (QED) is 0.818. The zero-order valence-electron chi connectivity index (χ0n) is 14.0. The Balaban J connectivity index is 1.75. The summed E-state index contributed by atoms with van der Waals surface area (Å²) < 4.78 is 5.28. The lowest BCUT2D eigenvalue weighted by Crippen LogP contribution is -2.49. The van der Waals surface area contributed by atoms with Crippen LogP contribution in [0.1, 0.15) is 16.1 Å². The van der Waals surface area contributed by atoms with Crippen molar-refractivity contribution < 1.29 is 9.53 Å².